The van der Waals surface area contributed by atoms with E-state index in [-0.39, 0.29) is 16.1 Å². The molecule has 1 fully saturated rings. The van der Waals surface area contributed by atoms with Crippen LogP contribution in [0.25, 0.3) is 0 Å². The number of hydrogen-bond donors (Lipinski definition) is 0. The van der Waals surface area contributed by atoms with Gasteiger partial charge in [0.1, 0.15) is 0 Å². The topological polar surface area (TPSA) is 52.6 Å². The fraction of sp³-hybridized carbons (Fsp3) is 0.600. The highest BCUT2D eigenvalue weighted by molar-refractivity contribution is 7.91. The average molecular weight is 364 g/mol. The Morgan fingerprint density at radius 3 is 1.96 bits per heavy atom. The highest BCUT2D eigenvalue weighted by Gasteiger charge is 2.52. The fourth-order valence-corrected chi connectivity index (χ4v) is 3.20. The molecule has 1 aliphatic heterocycles. The molecule has 9 heteroatoms. The molecule has 0 bridgehead atoms. The Morgan fingerprint density at radius 2 is 1.54 bits per heavy atom. The van der Waals surface area contributed by atoms with Crippen LogP contribution in [0.4, 0.5) is 13.2 Å². The number of benzene rings is 1. The van der Waals surface area contributed by atoms with Gasteiger partial charge in [-0.25, -0.2) is 8.42 Å². The number of alkyl halides is 3. The third-order valence-electron chi connectivity index (χ3n) is 4.52. The summed E-state index contributed by atoms with van der Waals surface area (Å²) in [4.78, 5) is -0.385. The van der Waals surface area contributed by atoms with Gasteiger partial charge in [-0.15, -0.1) is 0 Å². The second-order valence-corrected chi connectivity index (χ2v) is 9.06. The molecular weight excluding hydrogens is 344 g/mol. The number of hydrogen-bond acceptors (Lipinski definition) is 4. The summed E-state index contributed by atoms with van der Waals surface area (Å²) in [6.45, 7) is 8.45. The predicted octanol–water partition coefficient (Wildman–Crippen LogP) is 2.80. The van der Waals surface area contributed by atoms with Crippen molar-refractivity contribution in [3.8, 4) is 0 Å². The fourth-order valence-electron chi connectivity index (χ4n) is 2.25. The summed E-state index contributed by atoms with van der Waals surface area (Å²) >= 11 is 0. The van der Waals surface area contributed by atoms with E-state index in [1.165, 1.54) is 13.0 Å². The SMILES string of the molecule is CCS(=O)(=O)c1cc(B2OC(C)(C)C(C)(C)O2)cc(C(F)(F)F)c1. The van der Waals surface area contributed by atoms with E-state index >= 15 is 0 Å². The monoisotopic (exact) mass is 364 g/mol. The van der Waals surface area contributed by atoms with E-state index in [0.29, 0.717) is 6.07 Å². The highest BCUT2D eigenvalue weighted by Crippen LogP contribution is 2.37. The van der Waals surface area contributed by atoms with Crippen LogP contribution >= 0.6 is 0 Å². The molecular formula is C15H20BF3O4S. The summed E-state index contributed by atoms with van der Waals surface area (Å²) in [7, 11) is -4.87. The van der Waals surface area contributed by atoms with Gasteiger partial charge in [0.15, 0.2) is 9.84 Å². The van der Waals surface area contributed by atoms with Gasteiger partial charge in [0.2, 0.25) is 0 Å². The van der Waals surface area contributed by atoms with E-state index in [0.717, 1.165) is 6.07 Å². The normalized spacial score (nSPS) is 20.4. The van der Waals surface area contributed by atoms with Gasteiger partial charge in [-0.1, -0.05) is 13.0 Å². The van der Waals surface area contributed by atoms with Crippen LogP contribution in [0.2, 0.25) is 0 Å². The van der Waals surface area contributed by atoms with E-state index in [1.807, 2.05) is 0 Å². The van der Waals surface area contributed by atoms with Crippen LogP contribution in [0.15, 0.2) is 23.1 Å². The van der Waals surface area contributed by atoms with Crippen molar-refractivity contribution in [3.63, 3.8) is 0 Å². The van der Waals surface area contributed by atoms with Gasteiger partial charge in [-0.2, -0.15) is 13.2 Å². The van der Waals surface area contributed by atoms with Crippen molar-refractivity contribution >= 4 is 22.4 Å². The van der Waals surface area contributed by atoms with Gasteiger partial charge < -0.3 is 9.31 Å². The molecule has 4 nitrogen and oxygen atoms in total. The molecule has 0 unspecified atom stereocenters. The minimum Gasteiger partial charge on any atom is -0.399 e. The molecule has 2 rings (SSSR count). The first-order chi connectivity index (χ1) is 10.7. The first kappa shape index (κ1) is 19.3. The highest BCUT2D eigenvalue weighted by atomic mass is 32.2. The quantitative estimate of drug-likeness (QED) is 0.774. The van der Waals surface area contributed by atoms with Gasteiger partial charge >= 0.3 is 13.3 Å². The largest absolute Gasteiger partial charge is 0.494 e. The van der Waals surface area contributed by atoms with Crippen LogP contribution < -0.4 is 5.46 Å². The molecule has 0 saturated carbocycles. The zero-order valence-corrected chi connectivity index (χ0v) is 15.0. The molecule has 1 aromatic rings. The zero-order valence-electron chi connectivity index (χ0n) is 14.2. The Labute approximate surface area is 140 Å². The molecule has 24 heavy (non-hydrogen) atoms. The Balaban J connectivity index is 2.57. The molecule has 1 aliphatic rings. The molecule has 1 saturated heterocycles. The maximum atomic E-state index is 13.2. The first-order valence-corrected chi connectivity index (χ1v) is 9.15. The van der Waals surface area contributed by atoms with Crippen LogP contribution in [0.3, 0.4) is 0 Å². The molecule has 0 radical (unpaired) electrons. The molecule has 1 aromatic carbocycles. The number of halogens is 3. The van der Waals surface area contributed by atoms with E-state index in [9.17, 15) is 21.6 Å². The Hall–Kier alpha value is -1.06. The Morgan fingerprint density at radius 1 is 1.04 bits per heavy atom. The molecule has 0 spiro atoms. The van der Waals surface area contributed by atoms with Crippen LogP contribution in [-0.2, 0) is 25.3 Å². The van der Waals surface area contributed by atoms with Gasteiger partial charge in [-0.05, 0) is 45.3 Å². The standard InChI is InChI=1S/C15H20BF3O4S/c1-6-24(20,21)12-8-10(15(17,18)19)7-11(9-12)16-22-13(2,3)14(4,5)23-16/h7-9H,6H2,1-5H3. The number of sulfone groups is 1. The van der Waals surface area contributed by atoms with Crippen molar-refractivity contribution < 1.29 is 30.9 Å². The van der Waals surface area contributed by atoms with E-state index in [4.69, 9.17) is 9.31 Å². The van der Waals surface area contributed by atoms with Crippen LogP contribution in [-0.4, -0.2) is 32.5 Å². The van der Waals surface area contributed by atoms with Gasteiger partial charge in [0.25, 0.3) is 0 Å². The lowest BCUT2D eigenvalue weighted by Crippen LogP contribution is -2.41. The minimum atomic E-state index is -4.67. The van der Waals surface area contributed by atoms with Crippen molar-refractivity contribution in [2.45, 2.75) is 56.9 Å². The average Bonchev–Trinajstić information content (AvgIpc) is 2.66. The lowest BCUT2D eigenvalue weighted by Gasteiger charge is -2.32. The smallest absolute Gasteiger partial charge is 0.399 e. The van der Waals surface area contributed by atoms with Crippen molar-refractivity contribution in [2.24, 2.45) is 0 Å². The summed E-state index contributed by atoms with van der Waals surface area (Å²) in [5, 5.41) is 0. The van der Waals surface area contributed by atoms with Gasteiger partial charge in [-0.3, -0.25) is 0 Å². The first-order valence-electron chi connectivity index (χ1n) is 7.50. The predicted molar refractivity (Wildman–Crippen MR) is 84.9 cm³/mol. The van der Waals surface area contributed by atoms with Crippen molar-refractivity contribution in [3.05, 3.63) is 23.8 Å². The lowest BCUT2D eigenvalue weighted by molar-refractivity contribution is -0.137. The zero-order chi connectivity index (χ0) is 18.6. The summed E-state index contributed by atoms with van der Waals surface area (Å²) < 4.78 is 75.0. The third kappa shape index (κ3) is 3.48. The van der Waals surface area contributed by atoms with Crippen LogP contribution in [0.1, 0.15) is 40.2 Å². The minimum absolute atomic E-state index is 0.0375. The van der Waals surface area contributed by atoms with Crippen molar-refractivity contribution in [1.82, 2.24) is 0 Å². The van der Waals surface area contributed by atoms with Crippen molar-refractivity contribution in [2.75, 3.05) is 5.75 Å². The second-order valence-electron chi connectivity index (χ2n) is 6.78. The molecule has 0 N–H and O–H groups in total. The van der Waals surface area contributed by atoms with Gasteiger partial charge in [0.05, 0.1) is 27.4 Å². The van der Waals surface area contributed by atoms with E-state index in [2.05, 4.69) is 0 Å². The summed E-state index contributed by atoms with van der Waals surface area (Å²) in [5.41, 5.74) is -2.48. The molecule has 0 aromatic heterocycles. The summed E-state index contributed by atoms with van der Waals surface area (Å²) in [5.74, 6) is -0.295. The summed E-state index contributed by atoms with van der Waals surface area (Å²) in [6, 6.07) is 2.71. The summed E-state index contributed by atoms with van der Waals surface area (Å²) in [6.07, 6.45) is -4.67. The van der Waals surface area contributed by atoms with Gasteiger partial charge in [0, 0.05) is 0 Å². The maximum absolute atomic E-state index is 13.2. The second kappa shape index (κ2) is 5.74. The molecule has 0 aliphatic carbocycles. The van der Waals surface area contributed by atoms with Crippen LogP contribution in [0.5, 0.6) is 0 Å². The van der Waals surface area contributed by atoms with E-state index < -0.39 is 39.9 Å². The molecule has 0 amide bonds. The molecule has 1 heterocycles. The third-order valence-corrected chi connectivity index (χ3v) is 6.23. The maximum Gasteiger partial charge on any atom is 0.494 e. The molecule has 134 valence electrons. The lowest BCUT2D eigenvalue weighted by atomic mass is 9.78. The number of rotatable bonds is 3. The van der Waals surface area contributed by atoms with Crippen molar-refractivity contribution in [1.29, 1.82) is 0 Å². The van der Waals surface area contributed by atoms with E-state index in [1.54, 1.807) is 27.7 Å². The van der Waals surface area contributed by atoms with Crippen LogP contribution in [0, 0.1) is 0 Å². The molecule has 0 atom stereocenters. The Kier molecular flexibility index (Phi) is 4.61. The Bertz CT molecular complexity index is 726.